The van der Waals surface area contributed by atoms with Crippen LogP contribution in [0.15, 0.2) is 18.2 Å². The number of nitrogens with one attached hydrogen (secondary N) is 2. The van der Waals surface area contributed by atoms with Crippen LogP contribution >= 0.6 is 0 Å². The van der Waals surface area contributed by atoms with Gasteiger partial charge in [0.15, 0.2) is 11.5 Å². The molecule has 0 spiro atoms. The summed E-state index contributed by atoms with van der Waals surface area (Å²) in [5.74, 6) is 2.35. The van der Waals surface area contributed by atoms with Crippen molar-refractivity contribution in [3.63, 3.8) is 0 Å². The van der Waals surface area contributed by atoms with Crippen LogP contribution in [0.1, 0.15) is 44.7 Å². The van der Waals surface area contributed by atoms with Gasteiger partial charge >= 0.3 is 6.03 Å². The second-order valence-corrected chi connectivity index (χ2v) is 7.11. The summed E-state index contributed by atoms with van der Waals surface area (Å²) in [6.07, 6.45) is 3.57. The van der Waals surface area contributed by atoms with E-state index < -0.39 is 0 Å². The van der Waals surface area contributed by atoms with Crippen LogP contribution in [0, 0.1) is 5.92 Å². The summed E-state index contributed by atoms with van der Waals surface area (Å²) in [6, 6.07) is 5.55. The summed E-state index contributed by atoms with van der Waals surface area (Å²) in [5, 5.41) is 5.92. The lowest BCUT2D eigenvalue weighted by Crippen LogP contribution is -2.39. The molecule has 0 saturated carbocycles. The summed E-state index contributed by atoms with van der Waals surface area (Å²) in [7, 11) is 0. The molecule has 1 aromatic carbocycles. The molecule has 0 aliphatic carbocycles. The Morgan fingerprint density at radius 2 is 2.04 bits per heavy atom. The maximum atomic E-state index is 12.1. The highest BCUT2D eigenvalue weighted by atomic mass is 16.7. The van der Waals surface area contributed by atoms with Crippen LogP contribution in [0.4, 0.5) is 4.79 Å². The number of carbonyl (C=O) groups excluding carboxylic acids is 1. The van der Waals surface area contributed by atoms with Gasteiger partial charge in [-0.1, -0.05) is 13.0 Å². The molecular weight excluding hydrogens is 318 g/mol. The van der Waals surface area contributed by atoms with E-state index in [0.29, 0.717) is 6.54 Å². The molecule has 2 aliphatic heterocycles. The smallest absolute Gasteiger partial charge is 0.315 e. The first kappa shape index (κ1) is 17.9. The average Bonchev–Trinajstić information content (AvgIpc) is 3.08. The number of fused-ring (bicyclic) bond motifs is 1. The fourth-order valence-corrected chi connectivity index (χ4v) is 3.30. The number of urea groups is 1. The maximum absolute atomic E-state index is 12.1. The summed E-state index contributed by atoms with van der Waals surface area (Å²) in [5.41, 5.74) is 1.00. The first-order valence-corrected chi connectivity index (χ1v) is 9.28. The van der Waals surface area contributed by atoms with Crippen molar-refractivity contribution in [3.8, 4) is 11.5 Å². The van der Waals surface area contributed by atoms with E-state index in [1.165, 1.54) is 25.9 Å². The van der Waals surface area contributed by atoms with Crippen LogP contribution in [0.5, 0.6) is 11.5 Å². The molecule has 1 fully saturated rings. The van der Waals surface area contributed by atoms with Crippen LogP contribution in [0.2, 0.25) is 0 Å². The van der Waals surface area contributed by atoms with Gasteiger partial charge in [0.1, 0.15) is 0 Å². The van der Waals surface area contributed by atoms with E-state index in [9.17, 15) is 4.79 Å². The van der Waals surface area contributed by atoms with Crippen LogP contribution in [-0.2, 0) is 0 Å². The highest BCUT2D eigenvalue weighted by Crippen LogP contribution is 2.34. The Morgan fingerprint density at radius 3 is 2.84 bits per heavy atom. The Hall–Kier alpha value is -1.95. The predicted molar refractivity (Wildman–Crippen MR) is 97.0 cm³/mol. The molecular formula is C19H29N3O3. The molecule has 2 aliphatic rings. The number of piperidine rings is 1. The third-order valence-corrected chi connectivity index (χ3v) is 5.06. The molecule has 6 heteroatoms. The van der Waals surface area contributed by atoms with Gasteiger partial charge in [0.25, 0.3) is 0 Å². The lowest BCUT2D eigenvalue weighted by atomic mass is 9.99. The van der Waals surface area contributed by atoms with E-state index in [-0.39, 0.29) is 18.9 Å². The van der Waals surface area contributed by atoms with E-state index in [2.05, 4.69) is 22.5 Å². The van der Waals surface area contributed by atoms with Crippen molar-refractivity contribution in [2.24, 2.45) is 5.92 Å². The van der Waals surface area contributed by atoms with Crippen molar-refractivity contribution in [1.82, 2.24) is 15.5 Å². The first-order valence-electron chi connectivity index (χ1n) is 9.28. The van der Waals surface area contributed by atoms with E-state index in [1.54, 1.807) is 0 Å². The minimum Gasteiger partial charge on any atom is -0.454 e. The molecule has 138 valence electrons. The normalized spacial score (nSPS) is 18.8. The Morgan fingerprint density at radius 1 is 1.28 bits per heavy atom. The highest BCUT2D eigenvalue weighted by Gasteiger charge is 2.17. The van der Waals surface area contributed by atoms with Crippen molar-refractivity contribution in [2.75, 3.05) is 33.0 Å². The zero-order valence-corrected chi connectivity index (χ0v) is 15.2. The molecule has 1 atom stereocenters. The van der Waals surface area contributed by atoms with Gasteiger partial charge in [0.2, 0.25) is 6.79 Å². The minimum atomic E-state index is -0.127. The van der Waals surface area contributed by atoms with Crippen molar-refractivity contribution in [3.05, 3.63) is 23.8 Å². The number of likely N-dealkylation sites (tertiary alicyclic amines) is 1. The van der Waals surface area contributed by atoms with Gasteiger partial charge in [-0.15, -0.1) is 0 Å². The number of rotatable bonds is 6. The SMILES string of the molecule is CC1CCN(CCCNC(=O)NC(C)c2ccc3c(c2)OCO3)CC1. The number of nitrogens with zero attached hydrogens (tertiary/aromatic N) is 1. The van der Waals surface area contributed by atoms with Crippen molar-refractivity contribution in [2.45, 2.75) is 39.2 Å². The third kappa shape index (κ3) is 5.01. The van der Waals surface area contributed by atoms with Crippen LogP contribution in [0.3, 0.4) is 0 Å². The Balaban J connectivity index is 1.34. The molecule has 6 nitrogen and oxygen atoms in total. The molecule has 2 N–H and O–H groups in total. The number of hydrogen-bond donors (Lipinski definition) is 2. The van der Waals surface area contributed by atoms with Crippen LogP contribution in [0.25, 0.3) is 0 Å². The Kier molecular flexibility index (Phi) is 6.02. The Bertz CT molecular complexity index is 585. The zero-order chi connectivity index (χ0) is 17.6. The fourth-order valence-electron chi connectivity index (χ4n) is 3.30. The predicted octanol–water partition coefficient (Wildman–Crippen LogP) is 2.90. The summed E-state index contributed by atoms with van der Waals surface area (Å²) < 4.78 is 10.7. The first-order chi connectivity index (χ1) is 12.1. The van der Waals surface area contributed by atoms with Crippen LogP contribution < -0.4 is 20.1 Å². The van der Waals surface area contributed by atoms with Gasteiger partial charge in [-0.25, -0.2) is 4.79 Å². The number of carbonyl (C=O) groups is 1. The summed E-state index contributed by atoms with van der Waals surface area (Å²) in [6.45, 7) is 8.69. The minimum absolute atomic E-state index is 0.0851. The van der Waals surface area contributed by atoms with Crippen LogP contribution in [-0.4, -0.2) is 43.9 Å². The average molecular weight is 347 g/mol. The van der Waals surface area contributed by atoms with Gasteiger partial charge in [-0.05, 0) is 69.4 Å². The standard InChI is InChI=1S/C19H29N3O3/c1-14-6-10-22(11-7-14)9-3-8-20-19(23)21-15(2)16-4-5-17-18(12-16)25-13-24-17/h4-5,12,14-15H,3,6-11,13H2,1-2H3,(H2,20,21,23). The largest absolute Gasteiger partial charge is 0.454 e. The number of hydrogen-bond acceptors (Lipinski definition) is 4. The van der Waals surface area contributed by atoms with Crippen molar-refractivity contribution >= 4 is 6.03 Å². The molecule has 1 aromatic rings. The summed E-state index contributed by atoms with van der Waals surface area (Å²) in [4.78, 5) is 14.6. The quantitative estimate of drug-likeness (QED) is 0.777. The molecule has 2 amide bonds. The second kappa shape index (κ2) is 8.43. The van der Waals surface area contributed by atoms with Crippen molar-refractivity contribution < 1.29 is 14.3 Å². The molecule has 3 rings (SSSR count). The number of amides is 2. The molecule has 1 unspecified atom stereocenters. The third-order valence-electron chi connectivity index (χ3n) is 5.06. The molecule has 0 radical (unpaired) electrons. The Labute approximate surface area is 149 Å². The zero-order valence-electron chi connectivity index (χ0n) is 15.2. The van der Waals surface area contributed by atoms with Crippen molar-refractivity contribution in [1.29, 1.82) is 0 Å². The lowest BCUT2D eigenvalue weighted by Gasteiger charge is -2.30. The van der Waals surface area contributed by atoms with Gasteiger partial charge < -0.3 is 25.0 Å². The molecule has 0 bridgehead atoms. The topological polar surface area (TPSA) is 62.8 Å². The molecule has 0 aromatic heterocycles. The van der Waals surface area contributed by atoms with E-state index in [4.69, 9.17) is 9.47 Å². The lowest BCUT2D eigenvalue weighted by molar-refractivity contribution is 0.174. The van der Waals surface area contributed by atoms with E-state index in [1.807, 2.05) is 25.1 Å². The van der Waals surface area contributed by atoms with Gasteiger partial charge in [0.05, 0.1) is 6.04 Å². The molecule has 1 saturated heterocycles. The molecule has 2 heterocycles. The highest BCUT2D eigenvalue weighted by molar-refractivity contribution is 5.74. The van der Waals surface area contributed by atoms with E-state index in [0.717, 1.165) is 35.9 Å². The fraction of sp³-hybridized carbons (Fsp3) is 0.632. The van der Waals surface area contributed by atoms with Gasteiger partial charge in [-0.2, -0.15) is 0 Å². The molecule has 25 heavy (non-hydrogen) atoms. The number of ether oxygens (including phenoxy) is 2. The van der Waals surface area contributed by atoms with Gasteiger partial charge in [0, 0.05) is 6.54 Å². The maximum Gasteiger partial charge on any atom is 0.315 e. The monoisotopic (exact) mass is 347 g/mol. The van der Waals surface area contributed by atoms with Gasteiger partial charge in [-0.3, -0.25) is 0 Å². The number of benzene rings is 1. The van der Waals surface area contributed by atoms with E-state index >= 15 is 0 Å². The second-order valence-electron chi connectivity index (χ2n) is 7.11. The summed E-state index contributed by atoms with van der Waals surface area (Å²) >= 11 is 0.